The van der Waals surface area contributed by atoms with Crippen LogP contribution in [-0.2, 0) is 55.8 Å². The number of phenolic OH excluding ortho intramolecular Hbond substituents is 1. The van der Waals surface area contributed by atoms with Crippen molar-refractivity contribution in [2.24, 2.45) is 34.2 Å². The summed E-state index contributed by atoms with van der Waals surface area (Å²) in [6.45, 7) is 10.2. The van der Waals surface area contributed by atoms with Crippen LogP contribution >= 0.6 is 0 Å². The van der Waals surface area contributed by atoms with Crippen LogP contribution in [0.2, 0.25) is 0 Å². The van der Waals surface area contributed by atoms with Gasteiger partial charge in [-0.05, 0) is 59.9 Å². The van der Waals surface area contributed by atoms with E-state index in [1.807, 2.05) is 24.3 Å². The maximum Gasteiger partial charge on any atom is 0.329 e. The molecule has 0 bridgehead atoms. The van der Waals surface area contributed by atoms with Crippen molar-refractivity contribution in [3.05, 3.63) is 65.9 Å². The van der Waals surface area contributed by atoms with Crippen molar-refractivity contribution in [3.8, 4) is 5.75 Å². The first-order valence-electron chi connectivity index (χ1n) is 20.5. The van der Waals surface area contributed by atoms with Gasteiger partial charge in [-0.3, -0.25) is 19.4 Å². The lowest BCUT2D eigenvalue weighted by Gasteiger charge is -2.37. The number of phenols is 1. The number of ether oxygens (including phenoxy) is 3. The number of benzene rings is 2. The van der Waals surface area contributed by atoms with Crippen molar-refractivity contribution in [1.29, 1.82) is 0 Å². The number of esters is 3. The molecule has 17 heteroatoms. The molecule has 0 unspecified atom stereocenters. The van der Waals surface area contributed by atoms with Crippen molar-refractivity contribution >= 4 is 52.5 Å². The molecule has 1 fully saturated rings. The summed E-state index contributed by atoms with van der Waals surface area (Å²) >= 11 is 0. The van der Waals surface area contributed by atoms with Crippen LogP contribution in [-0.4, -0.2) is 131 Å². The molecule has 332 valence electrons. The van der Waals surface area contributed by atoms with E-state index in [-0.39, 0.29) is 43.9 Å². The number of amides is 3. The molecule has 4 rings (SSSR count). The topological polar surface area (TPSA) is 240 Å². The summed E-state index contributed by atoms with van der Waals surface area (Å²) < 4.78 is 18.0. The lowest BCUT2D eigenvalue weighted by atomic mass is 9.98. The second kappa shape index (κ2) is 20.9. The first-order chi connectivity index (χ1) is 28.7. The van der Waals surface area contributed by atoms with Gasteiger partial charge < -0.3 is 50.5 Å². The minimum atomic E-state index is -1.52. The summed E-state index contributed by atoms with van der Waals surface area (Å²) in [5, 5.41) is 10.8. The molecule has 1 aliphatic rings. The van der Waals surface area contributed by atoms with Crippen molar-refractivity contribution in [1.82, 2.24) is 19.7 Å². The predicted molar refractivity (Wildman–Crippen MR) is 228 cm³/mol. The van der Waals surface area contributed by atoms with E-state index >= 15 is 0 Å². The van der Waals surface area contributed by atoms with Crippen LogP contribution in [0.3, 0.4) is 0 Å². The van der Waals surface area contributed by atoms with Crippen LogP contribution in [0.4, 0.5) is 0 Å². The van der Waals surface area contributed by atoms with E-state index in [0.29, 0.717) is 11.1 Å². The normalized spacial score (nSPS) is 23.0. The number of para-hydroxylation sites is 1. The minimum Gasteiger partial charge on any atom is -0.508 e. The third-order valence-corrected chi connectivity index (χ3v) is 10.9. The molecule has 1 saturated heterocycles. The highest BCUT2D eigenvalue weighted by molar-refractivity contribution is 5.94. The van der Waals surface area contributed by atoms with E-state index in [2.05, 4.69) is 9.98 Å². The first kappa shape index (κ1) is 47.5. The van der Waals surface area contributed by atoms with Gasteiger partial charge in [0.25, 0.3) is 17.7 Å². The maximum atomic E-state index is 14.7. The highest BCUT2D eigenvalue weighted by atomic mass is 16.6. The Kier molecular flexibility index (Phi) is 16.3. The Labute approximate surface area is 356 Å². The molecule has 0 radical (unpaired) electrons. The van der Waals surface area contributed by atoms with Gasteiger partial charge in [-0.1, -0.05) is 71.9 Å². The molecule has 0 aliphatic carbocycles. The summed E-state index contributed by atoms with van der Waals surface area (Å²) in [5.41, 5.74) is 13.1. The Morgan fingerprint density at radius 2 is 1.25 bits per heavy atom. The van der Waals surface area contributed by atoms with E-state index in [0.717, 1.165) is 25.6 Å². The van der Waals surface area contributed by atoms with Crippen LogP contribution in [0.15, 0.2) is 59.7 Å². The van der Waals surface area contributed by atoms with Crippen molar-refractivity contribution in [3.63, 3.8) is 0 Å². The molecule has 2 heterocycles. The molecule has 17 nitrogen and oxygen atoms in total. The van der Waals surface area contributed by atoms with E-state index in [1.165, 1.54) is 33.3 Å². The number of rotatable bonds is 11. The number of cyclic esters (lactones) is 3. The number of aliphatic imine (C=N–C) groups is 1. The summed E-state index contributed by atoms with van der Waals surface area (Å²) in [7, 11) is 4.16. The zero-order valence-corrected chi connectivity index (χ0v) is 36.5. The van der Waals surface area contributed by atoms with Crippen LogP contribution in [0, 0.1) is 17.8 Å². The van der Waals surface area contributed by atoms with Gasteiger partial charge in [-0.25, -0.2) is 14.4 Å². The fraction of sp³-hybridized carbons (Fsp3) is 0.523. The van der Waals surface area contributed by atoms with Crippen LogP contribution < -0.4 is 11.5 Å². The minimum absolute atomic E-state index is 0.0229. The Balaban J connectivity index is 1.91. The average molecular weight is 848 g/mol. The zero-order chi connectivity index (χ0) is 45.3. The largest absolute Gasteiger partial charge is 0.508 e. The first-order valence-corrected chi connectivity index (χ1v) is 20.5. The number of nitrogens with two attached hydrogens (primary N) is 2. The standard InChI is InChI=1S/C44H61N7O10/c1-24(2)35-43(58)61-36(25(3)4)39(54)50(8)33(22-28-23-48-31-14-11-10-13-30(28)31)41(56)59-34(15-12-20-47-44(45)46)38(53)49(7)32(21-27-16-18-29(52)19-17-27)42(57)60-37(26(5)6)40(55)51(35)9/h10-11,13-14,16-19,23-26,32-37,48,52H,12,15,20-22H2,1-9H3,(H4,45,46,47)/t32-,33+,34-,35-,36-,37-/m0/s1. The number of guanidine groups is 1. The number of fused-ring (bicyclic) bond motifs is 1. The number of hydrogen-bond donors (Lipinski definition) is 4. The van der Waals surface area contributed by atoms with E-state index in [1.54, 1.807) is 59.9 Å². The molecule has 6 atom stereocenters. The Hall–Kier alpha value is -6.13. The lowest BCUT2D eigenvalue weighted by molar-refractivity contribution is -0.179. The molecular formula is C44H61N7O10. The van der Waals surface area contributed by atoms with Crippen LogP contribution in [0.25, 0.3) is 10.9 Å². The Bertz CT molecular complexity index is 2060. The second-order valence-electron chi connectivity index (χ2n) is 16.6. The number of carbonyl (C=O) groups excluding carboxylic acids is 6. The zero-order valence-electron chi connectivity index (χ0n) is 36.5. The van der Waals surface area contributed by atoms with Gasteiger partial charge in [0.15, 0.2) is 24.3 Å². The molecule has 3 aromatic rings. The number of carbonyl (C=O) groups is 6. The summed E-state index contributed by atoms with van der Waals surface area (Å²) in [5.74, 6) is -6.84. The Morgan fingerprint density at radius 3 is 1.84 bits per heavy atom. The molecule has 2 aromatic carbocycles. The number of likely N-dealkylation sites (N-methyl/N-ethyl adjacent to an activating group) is 3. The van der Waals surface area contributed by atoms with Crippen LogP contribution in [0.5, 0.6) is 5.75 Å². The van der Waals surface area contributed by atoms with Gasteiger partial charge >= 0.3 is 17.9 Å². The van der Waals surface area contributed by atoms with Crippen molar-refractivity contribution < 1.29 is 48.1 Å². The number of nitrogens with zero attached hydrogens (tertiary/aromatic N) is 4. The molecule has 0 saturated carbocycles. The van der Waals surface area contributed by atoms with E-state index in [9.17, 15) is 33.9 Å². The number of aromatic amines is 1. The Morgan fingerprint density at radius 1 is 0.705 bits per heavy atom. The number of nitrogens with one attached hydrogen (secondary N) is 1. The van der Waals surface area contributed by atoms with E-state index < -0.39 is 89.8 Å². The molecular weight excluding hydrogens is 787 g/mol. The summed E-state index contributed by atoms with van der Waals surface area (Å²) in [4.78, 5) is 97.3. The average Bonchev–Trinajstić information content (AvgIpc) is 3.62. The van der Waals surface area contributed by atoms with E-state index in [4.69, 9.17) is 25.7 Å². The number of aromatic hydroxyl groups is 1. The third-order valence-electron chi connectivity index (χ3n) is 10.9. The lowest BCUT2D eigenvalue weighted by Crippen LogP contribution is -2.56. The predicted octanol–water partition coefficient (Wildman–Crippen LogP) is 2.91. The van der Waals surface area contributed by atoms with Gasteiger partial charge in [0, 0.05) is 57.6 Å². The molecule has 1 aromatic heterocycles. The number of H-pyrrole nitrogens is 1. The number of aromatic nitrogens is 1. The highest BCUT2D eigenvalue weighted by Crippen LogP contribution is 2.26. The fourth-order valence-electron chi connectivity index (χ4n) is 7.35. The van der Waals surface area contributed by atoms with Gasteiger partial charge in [0.2, 0.25) is 0 Å². The highest BCUT2D eigenvalue weighted by Gasteiger charge is 2.44. The second-order valence-corrected chi connectivity index (χ2v) is 16.6. The number of hydrogen-bond acceptors (Lipinski definition) is 11. The molecule has 6 N–H and O–H groups in total. The SMILES string of the molecule is CC(C)[C@@H]1OC(=O)[C@H](C(C)C)N(C)C(=O)[C@H](C(C)C)OC(=O)[C@H](Cc2ccc(O)cc2)N(C)C(=O)[C@H](CCCN=C(N)N)OC(=O)[C@@H](Cc2c[nH]c3ccccc23)N(C)C1=O. The monoisotopic (exact) mass is 847 g/mol. The fourth-order valence-corrected chi connectivity index (χ4v) is 7.35. The quantitative estimate of drug-likeness (QED) is 0.0717. The van der Waals surface area contributed by atoms with Crippen molar-refractivity contribution in [2.75, 3.05) is 27.7 Å². The van der Waals surface area contributed by atoms with Crippen molar-refractivity contribution in [2.45, 2.75) is 104 Å². The van der Waals surface area contributed by atoms with Gasteiger partial charge in [-0.15, -0.1) is 0 Å². The molecule has 3 amide bonds. The molecule has 61 heavy (non-hydrogen) atoms. The van der Waals surface area contributed by atoms with Gasteiger partial charge in [-0.2, -0.15) is 0 Å². The van der Waals surface area contributed by atoms with Crippen LogP contribution in [0.1, 0.15) is 65.5 Å². The maximum absolute atomic E-state index is 14.7. The van der Waals surface area contributed by atoms with Gasteiger partial charge in [0.05, 0.1) is 0 Å². The van der Waals surface area contributed by atoms with Gasteiger partial charge in [0.1, 0.15) is 23.9 Å². The third kappa shape index (κ3) is 11.8. The molecule has 1 aliphatic heterocycles. The summed E-state index contributed by atoms with van der Waals surface area (Å²) in [6.07, 6.45) is -2.72. The summed E-state index contributed by atoms with van der Waals surface area (Å²) in [6, 6.07) is 9.46. The molecule has 0 spiro atoms. The smallest absolute Gasteiger partial charge is 0.329 e.